The van der Waals surface area contributed by atoms with Crippen molar-refractivity contribution in [1.82, 2.24) is 0 Å². The Morgan fingerprint density at radius 1 is 0.516 bits per heavy atom. The van der Waals surface area contributed by atoms with Crippen LogP contribution in [0.1, 0.15) is 13.3 Å². The van der Waals surface area contributed by atoms with Crippen LogP contribution in [0.5, 0.6) is 23.0 Å². The number of methoxy groups -OCH3 is 1. The van der Waals surface area contributed by atoms with Crippen LogP contribution in [0.25, 0.3) is 44.1 Å². The molecule has 4 aromatic carbocycles. The van der Waals surface area contributed by atoms with E-state index in [0.717, 1.165) is 18.9 Å². The molecule has 11 unspecified atom stereocenters. The van der Waals surface area contributed by atoms with Crippen molar-refractivity contribution in [1.29, 1.82) is 0 Å². The van der Waals surface area contributed by atoms with Gasteiger partial charge in [0.25, 0.3) is 0 Å². The summed E-state index contributed by atoms with van der Waals surface area (Å²) in [6, 6.07) is 18.2. The number of benzene rings is 4. The number of phenolic OH excluding ortho intramolecular Hbond substituents is 2. The molecule has 8 rings (SSSR count). The van der Waals surface area contributed by atoms with Crippen LogP contribution in [0.2, 0.25) is 0 Å². The minimum Gasteiger partial charge on any atom is -0.502 e. The third kappa shape index (κ3) is 9.59. The number of aliphatic hydroxyl groups excluding tert-OH is 9. The molecule has 0 amide bonds. The molecular weight excluding hydrogens is 852 g/mol. The summed E-state index contributed by atoms with van der Waals surface area (Å²) in [6.45, 7) is 1.82. The van der Waals surface area contributed by atoms with E-state index in [0.29, 0.717) is 19.0 Å². The molecule has 23 nitrogen and oxygen atoms in total. The van der Waals surface area contributed by atoms with Crippen LogP contribution in [-0.2, 0) is 9.47 Å². The SMILES string of the molecule is CCC(O)C(O)C(O)C(O)C(O)COc1cccc2c1[n+](O)c1cccc(OC)c1[n+]2O.OC(C1CO1)C(O)C(O)C(O)C1CO1.Oc1cccc2c1[n+](O)c1cccc(O)c1[n+]2O. The fourth-order valence-corrected chi connectivity index (χ4v) is 6.89. The number of hydrogen-bond donors (Lipinski definition) is 15. The highest BCUT2D eigenvalue weighted by molar-refractivity contribution is 5.83. The maximum Gasteiger partial charge on any atom is 0.375 e. The van der Waals surface area contributed by atoms with E-state index in [1.165, 1.54) is 55.6 Å². The molecule has 2 fully saturated rings. The molecule has 0 aliphatic carbocycles. The normalized spacial score (nSPS) is 19.8. The highest BCUT2D eigenvalue weighted by Crippen LogP contribution is 2.28. The second-order valence-electron chi connectivity index (χ2n) is 15.0. The van der Waals surface area contributed by atoms with E-state index in [4.69, 9.17) is 18.9 Å². The van der Waals surface area contributed by atoms with Gasteiger partial charge in [0, 0.05) is 43.2 Å². The number of ether oxygens (including phenoxy) is 4. The van der Waals surface area contributed by atoms with Crippen molar-refractivity contribution >= 4 is 44.1 Å². The lowest BCUT2D eigenvalue weighted by atomic mass is 9.98. The lowest BCUT2D eigenvalue weighted by Crippen LogP contribution is -2.50. The van der Waals surface area contributed by atoms with Crippen LogP contribution < -0.4 is 28.4 Å². The van der Waals surface area contributed by atoms with Gasteiger partial charge < -0.3 is 75.1 Å². The molecule has 0 radical (unpaired) electrons. The second-order valence-corrected chi connectivity index (χ2v) is 15.0. The standard InChI is InChI=1S/C21H28N2O9.C12H8N2O4.C8H14O6/c1-3-13(24)19(26)21(28)20(27)14(25)10-32-16-9-5-7-12-18(16)23(30)11-6-4-8-15(31-2)17(11)22(12)29;15-9-5-1-3-7-11(9)14(18)8-4-2-6-10(16)12(8)13(7)17;9-5(3-1-13-3)7(11)8(12)6(10)4-2-14-4/h4-9,13-14,19-21,24-30H,3,10H2,1-2H3;1-6,17H,(H-,15,16,18);3-12H,1-2H2/q+2;;/p+2. The van der Waals surface area contributed by atoms with Crippen LogP contribution >= 0.6 is 0 Å². The van der Waals surface area contributed by atoms with Gasteiger partial charge in [-0.15, -0.1) is 0 Å². The number of aromatic hydroxyl groups is 2. The largest absolute Gasteiger partial charge is 0.502 e. The first-order valence-corrected chi connectivity index (χ1v) is 19.8. The molecular formula is C41H52N4O19+4. The minimum absolute atomic E-state index is 0.0538. The topological polar surface area (TPSA) is 362 Å². The average molecular weight is 905 g/mol. The molecule has 2 aliphatic heterocycles. The van der Waals surface area contributed by atoms with Crippen LogP contribution in [0, 0.1) is 0 Å². The van der Waals surface area contributed by atoms with Crippen molar-refractivity contribution < 1.29 is 115 Å². The Morgan fingerprint density at radius 2 is 0.875 bits per heavy atom. The van der Waals surface area contributed by atoms with Crippen molar-refractivity contribution in [2.75, 3.05) is 26.9 Å². The Morgan fingerprint density at radius 3 is 1.28 bits per heavy atom. The van der Waals surface area contributed by atoms with Crippen molar-refractivity contribution in [3.05, 3.63) is 72.8 Å². The Balaban J connectivity index is 0.000000177. The Kier molecular flexibility index (Phi) is 14.7. The fraction of sp³-hybridized carbons (Fsp3) is 0.415. The van der Waals surface area contributed by atoms with Crippen LogP contribution in [0.4, 0.5) is 0 Å². The number of fused-ring (bicyclic) bond motifs is 4. The van der Waals surface area contributed by atoms with Gasteiger partial charge >= 0.3 is 44.1 Å². The summed E-state index contributed by atoms with van der Waals surface area (Å²) in [5.74, 6) is 0.0277. The van der Waals surface area contributed by atoms with E-state index in [1.807, 2.05) is 0 Å². The molecule has 346 valence electrons. The number of aromatic nitrogens is 4. The zero-order chi connectivity index (χ0) is 46.7. The fourth-order valence-electron chi connectivity index (χ4n) is 6.89. The van der Waals surface area contributed by atoms with Gasteiger partial charge in [-0.3, -0.25) is 20.8 Å². The summed E-state index contributed by atoms with van der Waals surface area (Å²) in [5, 5.41) is 149. The van der Waals surface area contributed by atoms with E-state index in [1.54, 1.807) is 31.2 Å². The molecule has 11 atom stereocenters. The first kappa shape index (κ1) is 47.5. The summed E-state index contributed by atoms with van der Waals surface area (Å²) >= 11 is 0. The van der Waals surface area contributed by atoms with E-state index in [9.17, 15) is 77.0 Å². The highest BCUT2D eigenvalue weighted by Gasteiger charge is 2.45. The zero-order valence-corrected chi connectivity index (χ0v) is 34.2. The number of nitrogens with zero attached hydrogens (tertiary/aromatic N) is 4. The summed E-state index contributed by atoms with van der Waals surface area (Å²) in [7, 11) is 1.43. The third-order valence-electron chi connectivity index (χ3n) is 10.8. The van der Waals surface area contributed by atoms with Gasteiger partial charge in [-0.05, 0) is 30.7 Å². The lowest BCUT2D eigenvalue weighted by molar-refractivity contribution is -0.895. The van der Waals surface area contributed by atoms with Gasteiger partial charge in [-0.25, -0.2) is 0 Å². The summed E-state index contributed by atoms with van der Waals surface area (Å²) < 4.78 is 23.4. The molecule has 0 saturated carbocycles. The molecule has 0 spiro atoms. The molecule has 4 heterocycles. The predicted molar refractivity (Wildman–Crippen MR) is 212 cm³/mol. The van der Waals surface area contributed by atoms with Crippen molar-refractivity contribution in [3.63, 3.8) is 0 Å². The van der Waals surface area contributed by atoms with Gasteiger partial charge in [0.05, 0.1) is 26.4 Å². The van der Waals surface area contributed by atoms with Crippen LogP contribution in [0.15, 0.2) is 72.8 Å². The Hall–Kier alpha value is -5.96. The first-order valence-electron chi connectivity index (χ1n) is 19.8. The molecule has 23 heteroatoms. The number of hydrogen-bond acceptors (Lipinski definition) is 19. The quantitative estimate of drug-likeness (QED) is 0.0217. The van der Waals surface area contributed by atoms with Crippen molar-refractivity contribution in [2.45, 2.75) is 80.5 Å². The average Bonchev–Trinajstić information content (AvgIpc) is 4.25. The summed E-state index contributed by atoms with van der Waals surface area (Å²) in [4.78, 5) is 0. The van der Waals surface area contributed by atoms with E-state index in [-0.39, 0.29) is 67.8 Å². The summed E-state index contributed by atoms with van der Waals surface area (Å²) in [5.41, 5.74) is 1.11. The molecule has 2 aliphatic rings. The molecule has 15 N–H and O–H groups in total. The van der Waals surface area contributed by atoms with Gasteiger partial charge in [0.1, 0.15) is 67.6 Å². The number of phenols is 2. The van der Waals surface area contributed by atoms with E-state index >= 15 is 0 Å². The first-order chi connectivity index (χ1) is 30.4. The number of aliphatic hydroxyl groups is 9. The smallest absolute Gasteiger partial charge is 0.375 e. The molecule has 2 saturated heterocycles. The monoisotopic (exact) mass is 904 g/mol. The lowest BCUT2D eigenvalue weighted by Gasteiger charge is -2.28. The van der Waals surface area contributed by atoms with Crippen LogP contribution in [0.3, 0.4) is 0 Å². The zero-order valence-electron chi connectivity index (χ0n) is 34.2. The van der Waals surface area contributed by atoms with Crippen LogP contribution in [-0.4, -0.2) is 171 Å². The Labute approximate surface area is 361 Å². The molecule has 64 heavy (non-hydrogen) atoms. The third-order valence-corrected chi connectivity index (χ3v) is 10.8. The van der Waals surface area contributed by atoms with Gasteiger partial charge in [0.2, 0.25) is 23.0 Å². The molecule has 0 bridgehead atoms. The number of rotatable bonds is 14. The highest BCUT2D eigenvalue weighted by atomic mass is 16.6. The van der Waals surface area contributed by atoms with Gasteiger partial charge in [-0.2, -0.15) is 0 Å². The van der Waals surface area contributed by atoms with Crippen molar-refractivity contribution in [3.8, 4) is 23.0 Å². The van der Waals surface area contributed by atoms with E-state index in [2.05, 4.69) is 0 Å². The van der Waals surface area contributed by atoms with Crippen molar-refractivity contribution in [2.24, 2.45) is 0 Å². The predicted octanol–water partition coefficient (Wildman–Crippen LogP) is -3.67. The Bertz CT molecular complexity index is 2490. The van der Waals surface area contributed by atoms with E-state index < -0.39 is 73.8 Å². The minimum atomic E-state index is -1.81. The second kappa shape index (κ2) is 19.8. The number of para-hydroxylation sites is 4. The van der Waals surface area contributed by atoms with Gasteiger partial charge in [-0.1, -0.05) is 31.2 Å². The molecule has 6 aromatic rings. The summed E-state index contributed by atoms with van der Waals surface area (Å²) in [6.07, 6.45) is -14.0. The maximum absolute atomic E-state index is 10.8. The molecule has 2 aromatic heterocycles. The van der Waals surface area contributed by atoms with Gasteiger partial charge in [0.15, 0.2) is 0 Å². The number of epoxide rings is 2. The maximum atomic E-state index is 10.8.